The summed E-state index contributed by atoms with van der Waals surface area (Å²) in [5, 5.41) is 0. The van der Waals surface area contributed by atoms with Gasteiger partial charge >= 0.3 is 5.97 Å². The Morgan fingerprint density at radius 2 is 0.708 bits per heavy atom. The van der Waals surface area contributed by atoms with Gasteiger partial charge in [0.2, 0.25) is 0 Å². The van der Waals surface area contributed by atoms with Gasteiger partial charge in [0, 0.05) is 18.4 Å². The lowest BCUT2D eigenvalue weighted by Crippen LogP contribution is -3.00. The zero-order chi connectivity index (χ0) is 34.9. The van der Waals surface area contributed by atoms with E-state index in [9.17, 15) is 4.79 Å². The minimum atomic E-state index is -0.224. The highest BCUT2D eigenvalue weighted by atomic mass is 35.5. The monoisotopic (exact) mass is 698 g/mol. The summed E-state index contributed by atoms with van der Waals surface area (Å²) in [6.45, 7) is 18.0. The Kier molecular flexibility index (Phi) is 37.4. The van der Waals surface area contributed by atoms with E-state index >= 15 is 0 Å². The number of carbonyl (C=O) groups is 1. The van der Waals surface area contributed by atoms with Crippen LogP contribution in [0.5, 0.6) is 0 Å². The third kappa shape index (κ3) is 27.2. The number of hydrogen-bond donors (Lipinski definition) is 0. The highest BCUT2D eigenvalue weighted by molar-refractivity contribution is 5.86. The number of hydrogen-bond acceptors (Lipinski definition) is 2. The molecule has 0 aliphatic carbocycles. The number of hydroxylamine groups is 3. The fourth-order valence-corrected chi connectivity index (χ4v) is 7.59. The molecular formula is C44H88ClNO2. The quantitative estimate of drug-likeness (QED) is 0.0279. The summed E-state index contributed by atoms with van der Waals surface area (Å²) in [4.78, 5) is 19.1. The zero-order valence-electron chi connectivity index (χ0n) is 33.8. The Morgan fingerprint density at radius 1 is 0.479 bits per heavy atom. The molecule has 0 aliphatic rings. The molecule has 0 aromatic carbocycles. The van der Waals surface area contributed by atoms with Gasteiger partial charge in [-0.3, -0.25) is 4.84 Å². The molecule has 0 spiro atoms. The van der Waals surface area contributed by atoms with Crippen LogP contribution in [-0.2, 0) is 9.63 Å². The summed E-state index contributed by atoms with van der Waals surface area (Å²) in [5.41, 5.74) is 0.513. The van der Waals surface area contributed by atoms with E-state index in [1.54, 1.807) is 6.92 Å². The molecule has 48 heavy (non-hydrogen) atoms. The molecule has 0 rings (SSSR count). The molecule has 0 saturated carbocycles. The highest BCUT2D eigenvalue weighted by Gasteiger charge is 2.42. The molecule has 4 heteroatoms. The Bertz CT molecular complexity index is 655. The van der Waals surface area contributed by atoms with Crippen molar-refractivity contribution in [2.24, 2.45) is 0 Å². The molecule has 288 valence electrons. The fourth-order valence-electron chi connectivity index (χ4n) is 7.59. The van der Waals surface area contributed by atoms with Crippen molar-refractivity contribution in [3.05, 3.63) is 12.2 Å². The molecule has 0 bridgehead atoms. The smallest absolute Gasteiger partial charge is 0.392 e. The van der Waals surface area contributed by atoms with E-state index in [4.69, 9.17) is 4.84 Å². The topological polar surface area (TPSA) is 26.3 Å². The van der Waals surface area contributed by atoms with Crippen LogP contribution in [0.25, 0.3) is 0 Å². The summed E-state index contributed by atoms with van der Waals surface area (Å²) in [7, 11) is 0. The number of carbonyl (C=O) groups excluding carboxylic acids is 1. The van der Waals surface area contributed by atoms with Crippen molar-refractivity contribution in [1.29, 1.82) is 0 Å². The molecule has 0 aromatic rings. The Labute approximate surface area is 309 Å². The van der Waals surface area contributed by atoms with Crippen molar-refractivity contribution in [3.63, 3.8) is 0 Å². The van der Waals surface area contributed by atoms with Gasteiger partial charge in [0.15, 0.2) is 0 Å². The predicted molar refractivity (Wildman–Crippen MR) is 210 cm³/mol. The van der Waals surface area contributed by atoms with E-state index < -0.39 is 0 Å². The van der Waals surface area contributed by atoms with Gasteiger partial charge in [-0.05, 0) is 40.5 Å². The van der Waals surface area contributed by atoms with Gasteiger partial charge in [-0.2, -0.15) is 0 Å². The van der Waals surface area contributed by atoms with E-state index in [-0.39, 0.29) is 18.4 Å². The first-order valence-electron chi connectivity index (χ1n) is 21.6. The fraction of sp³-hybridized carbons (Fsp3) is 0.932. The second kappa shape index (κ2) is 36.3. The van der Waals surface area contributed by atoms with E-state index in [1.165, 1.54) is 193 Å². The normalized spacial score (nSPS) is 13.9. The number of quaternary nitrogens is 1. The average molecular weight is 699 g/mol. The molecule has 0 radical (unpaired) electrons. The van der Waals surface area contributed by atoms with Gasteiger partial charge < -0.3 is 12.4 Å². The second-order valence-electron chi connectivity index (χ2n) is 15.5. The van der Waals surface area contributed by atoms with Crippen molar-refractivity contribution >= 4 is 5.97 Å². The lowest BCUT2D eigenvalue weighted by atomic mass is 10.00. The maximum Gasteiger partial charge on any atom is 0.392 e. The highest BCUT2D eigenvalue weighted by Crippen LogP contribution is 2.29. The molecule has 0 saturated heterocycles. The van der Waals surface area contributed by atoms with E-state index in [2.05, 4.69) is 41.2 Å². The Hall–Kier alpha value is -0.540. The summed E-state index contributed by atoms with van der Waals surface area (Å²) in [6, 6.07) is 0.633. The predicted octanol–water partition coefficient (Wildman–Crippen LogP) is 12.2. The molecule has 0 aliphatic heterocycles. The van der Waals surface area contributed by atoms with Crippen molar-refractivity contribution < 1.29 is 26.7 Å². The summed E-state index contributed by atoms with van der Waals surface area (Å²) in [6.07, 6.45) is 44.0. The first kappa shape index (κ1) is 49.6. The SMILES string of the molecule is C=C(C)C(=O)O[N+](CC)(C(C)CCCCCCCCCCCCCCCCC)C(C)CCCCCCCCCCCCCCCCC.[Cl-]. The van der Waals surface area contributed by atoms with Crippen LogP contribution in [0.15, 0.2) is 12.2 Å². The van der Waals surface area contributed by atoms with Gasteiger partial charge in [0.1, 0.15) is 18.6 Å². The van der Waals surface area contributed by atoms with Crippen LogP contribution in [0.2, 0.25) is 0 Å². The van der Waals surface area contributed by atoms with Crippen LogP contribution in [-0.4, -0.2) is 29.2 Å². The lowest BCUT2D eigenvalue weighted by molar-refractivity contribution is -1.12. The lowest BCUT2D eigenvalue weighted by Gasteiger charge is -2.43. The average Bonchev–Trinajstić information content (AvgIpc) is 3.06. The van der Waals surface area contributed by atoms with E-state index in [1.807, 2.05) is 0 Å². The van der Waals surface area contributed by atoms with Crippen LogP contribution >= 0.6 is 0 Å². The molecule has 2 unspecified atom stereocenters. The summed E-state index contributed by atoms with van der Waals surface area (Å²) >= 11 is 0. The number of rotatable bonds is 37. The summed E-state index contributed by atoms with van der Waals surface area (Å²) in [5.74, 6) is -0.224. The Morgan fingerprint density at radius 3 is 0.917 bits per heavy atom. The molecule has 3 nitrogen and oxygen atoms in total. The van der Waals surface area contributed by atoms with Crippen molar-refractivity contribution in [3.8, 4) is 0 Å². The standard InChI is InChI=1S/C44H88NO2.ClH/c1-8-11-13-15-17-19-21-23-25-27-29-31-33-35-37-39-42(6)45(10-3,47-44(46)41(4)5)43(7)40-38-36-34-32-30-28-26-24-22-20-18-16-14-12-9-2;/h42-43H,4,8-40H2,1-3,5-7H3;1H/q+1;/p-1. The molecule has 2 atom stereocenters. The van der Waals surface area contributed by atoms with Gasteiger partial charge in [0.25, 0.3) is 0 Å². The van der Waals surface area contributed by atoms with Gasteiger partial charge in [-0.1, -0.05) is 200 Å². The Balaban J connectivity index is 0. The molecule has 0 amide bonds. The zero-order valence-corrected chi connectivity index (χ0v) is 34.6. The maximum atomic E-state index is 12.8. The third-order valence-electron chi connectivity index (χ3n) is 11.0. The van der Waals surface area contributed by atoms with Crippen LogP contribution in [0.4, 0.5) is 0 Å². The van der Waals surface area contributed by atoms with E-state index in [0.717, 1.165) is 19.4 Å². The van der Waals surface area contributed by atoms with Crippen LogP contribution < -0.4 is 12.4 Å². The van der Waals surface area contributed by atoms with E-state index in [0.29, 0.717) is 22.3 Å². The summed E-state index contributed by atoms with van der Waals surface area (Å²) < 4.78 is 0.461. The van der Waals surface area contributed by atoms with Crippen molar-refractivity contribution in [2.75, 3.05) is 6.54 Å². The third-order valence-corrected chi connectivity index (χ3v) is 11.0. The molecule has 0 fully saturated rings. The van der Waals surface area contributed by atoms with Gasteiger partial charge in [-0.25, -0.2) is 4.79 Å². The first-order chi connectivity index (χ1) is 22.9. The minimum Gasteiger partial charge on any atom is -1.00 e. The first-order valence-corrected chi connectivity index (χ1v) is 21.6. The maximum absolute atomic E-state index is 12.8. The second-order valence-corrected chi connectivity index (χ2v) is 15.5. The van der Waals surface area contributed by atoms with Gasteiger partial charge in [0.05, 0.1) is 0 Å². The largest absolute Gasteiger partial charge is 1.00 e. The molecule has 0 heterocycles. The van der Waals surface area contributed by atoms with Crippen LogP contribution in [0, 0.1) is 0 Å². The number of halogens is 1. The van der Waals surface area contributed by atoms with Gasteiger partial charge in [-0.15, -0.1) is 4.65 Å². The van der Waals surface area contributed by atoms with Crippen LogP contribution in [0.3, 0.4) is 0 Å². The van der Waals surface area contributed by atoms with Crippen molar-refractivity contribution in [1.82, 2.24) is 0 Å². The number of unbranched alkanes of at least 4 members (excludes halogenated alkanes) is 28. The minimum absolute atomic E-state index is 0. The van der Waals surface area contributed by atoms with Crippen molar-refractivity contribution in [2.45, 2.75) is 259 Å². The molecular weight excluding hydrogens is 610 g/mol. The number of nitrogens with zero attached hydrogens (tertiary/aromatic N) is 1. The molecule has 0 N–H and O–H groups in total. The molecule has 0 aromatic heterocycles. The van der Waals surface area contributed by atoms with Crippen LogP contribution in [0.1, 0.15) is 247 Å².